The minimum Gasteiger partial charge on any atom is -0.480 e. The number of carbonyl (C=O) groups is 5. The largest absolute Gasteiger partial charge is 0.480 e. The zero-order valence-corrected chi connectivity index (χ0v) is 21.7. The topological polar surface area (TPSA) is 157 Å². The molecule has 5 N–H and O–H groups in total. The van der Waals surface area contributed by atoms with Crippen molar-refractivity contribution in [3.63, 3.8) is 0 Å². The van der Waals surface area contributed by atoms with Crippen molar-refractivity contribution in [1.82, 2.24) is 15.5 Å². The fourth-order valence-electron chi connectivity index (χ4n) is 4.48. The molecule has 0 spiro atoms. The van der Waals surface area contributed by atoms with Crippen LogP contribution in [0.3, 0.4) is 0 Å². The van der Waals surface area contributed by atoms with E-state index in [9.17, 15) is 24.0 Å². The van der Waals surface area contributed by atoms with Crippen LogP contribution in [0.2, 0.25) is 0 Å². The van der Waals surface area contributed by atoms with Gasteiger partial charge < -0.3 is 31.3 Å². The first kappa shape index (κ1) is 28.2. The molecule has 1 fully saturated rings. The zero-order chi connectivity index (χ0) is 27.8. The Balaban J connectivity index is 1.55. The molecule has 1 aliphatic rings. The number of likely N-dealkylation sites (tertiary alicyclic amines) is 1. The van der Waals surface area contributed by atoms with Crippen molar-refractivity contribution in [3.8, 4) is 0 Å². The van der Waals surface area contributed by atoms with E-state index in [-0.39, 0.29) is 36.6 Å². The number of piperidine rings is 1. The van der Waals surface area contributed by atoms with Crippen LogP contribution in [0.1, 0.15) is 34.8 Å². The number of carboxylic acid groups (broad SMARTS) is 1. The van der Waals surface area contributed by atoms with Crippen molar-refractivity contribution < 1.29 is 29.1 Å². The molecule has 1 heterocycles. The summed E-state index contributed by atoms with van der Waals surface area (Å²) in [6, 6.07) is 11.5. The summed E-state index contributed by atoms with van der Waals surface area (Å²) < 4.78 is 0. The van der Waals surface area contributed by atoms with E-state index in [2.05, 4.69) is 21.3 Å². The van der Waals surface area contributed by atoms with E-state index >= 15 is 0 Å². The third-order valence-electron chi connectivity index (χ3n) is 6.42. The summed E-state index contributed by atoms with van der Waals surface area (Å²) in [4.78, 5) is 62.1. The van der Waals surface area contributed by atoms with Crippen LogP contribution in [0.25, 0.3) is 0 Å². The third kappa shape index (κ3) is 7.55. The standard InChI is InChI=1S/C27H33N5O6/c1-16-11-19(25(36)29-13-24(34)35)15-32(14-16)23(33)12-18-7-9-20(10-8-18)30-27(38)31-22-6-4-5-21(17(22)2)26(37)28-3/h4-10,16,19H,11-15H2,1-3H3,(H,28,37)(H,29,36)(H,34,35)(H2,30,31,38)/t16?,19-/m0/s1. The van der Waals surface area contributed by atoms with Crippen LogP contribution >= 0.6 is 0 Å². The van der Waals surface area contributed by atoms with E-state index in [1.165, 1.54) is 0 Å². The quantitative estimate of drug-likeness (QED) is 0.357. The number of carbonyl (C=O) groups excluding carboxylic acids is 4. The highest BCUT2D eigenvalue weighted by Crippen LogP contribution is 2.23. The molecule has 0 bridgehead atoms. The molecule has 1 unspecified atom stereocenters. The summed E-state index contributed by atoms with van der Waals surface area (Å²) in [5, 5.41) is 19.2. The van der Waals surface area contributed by atoms with Crippen LogP contribution in [0.15, 0.2) is 42.5 Å². The number of amides is 5. The van der Waals surface area contributed by atoms with Gasteiger partial charge in [-0.25, -0.2) is 4.79 Å². The maximum Gasteiger partial charge on any atom is 0.323 e. The third-order valence-corrected chi connectivity index (χ3v) is 6.42. The van der Waals surface area contributed by atoms with Crippen LogP contribution in [0, 0.1) is 18.8 Å². The zero-order valence-electron chi connectivity index (χ0n) is 21.7. The van der Waals surface area contributed by atoms with Gasteiger partial charge >= 0.3 is 12.0 Å². The molecule has 5 amide bonds. The van der Waals surface area contributed by atoms with E-state index < -0.39 is 24.5 Å². The predicted octanol–water partition coefficient (Wildman–Crippen LogP) is 2.23. The number of nitrogens with zero attached hydrogens (tertiary/aromatic N) is 1. The number of aliphatic carboxylic acids is 1. The van der Waals surface area contributed by atoms with Gasteiger partial charge in [0.15, 0.2) is 0 Å². The first-order chi connectivity index (χ1) is 18.1. The summed E-state index contributed by atoms with van der Waals surface area (Å²) in [5.41, 5.74) is 2.90. The number of hydrogen-bond donors (Lipinski definition) is 5. The molecule has 2 atom stereocenters. The summed E-state index contributed by atoms with van der Waals surface area (Å²) in [5.74, 6) is -2.19. The summed E-state index contributed by atoms with van der Waals surface area (Å²) >= 11 is 0. The number of benzene rings is 2. The van der Waals surface area contributed by atoms with Gasteiger partial charge in [0.05, 0.1) is 12.3 Å². The summed E-state index contributed by atoms with van der Waals surface area (Å²) in [6.07, 6.45) is 0.724. The predicted molar refractivity (Wildman–Crippen MR) is 142 cm³/mol. The smallest absolute Gasteiger partial charge is 0.323 e. The molecule has 0 saturated carbocycles. The van der Waals surface area contributed by atoms with Gasteiger partial charge in [-0.3, -0.25) is 19.2 Å². The highest BCUT2D eigenvalue weighted by atomic mass is 16.4. The number of hydrogen-bond acceptors (Lipinski definition) is 5. The van der Waals surface area contributed by atoms with E-state index in [0.29, 0.717) is 35.5 Å². The van der Waals surface area contributed by atoms with Gasteiger partial charge in [-0.05, 0) is 54.7 Å². The lowest BCUT2D eigenvalue weighted by molar-refractivity contribution is -0.141. The Hall–Kier alpha value is -4.41. The Labute approximate surface area is 221 Å². The molecular formula is C27H33N5O6. The molecule has 202 valence electrons. The lowest BCUT2D eigenvalue weighted by Gasteiger charge is -2.35. The van der Waals surface area contributed by atoms with Crippen molar-refractivity contribution >= 4 is 41.1 Å². The van der Waals surface area contributed by atoms with Crippen molar-refractivity contribution in [1.29, 1.82) is 0 Å². The fourth-order valence-corrected chi connectivity index (χ4v) is 4.48. The van der Waals surface area contributed by atoms with Gasteiger partial charge in [0.1, 0.15) is 6.54 Å². The average Bonchev–Trinajstić information content (AvgIpc) is 2.88. The second-order valence-corrected chi connectivity index (χ2v) is 9.46. The molecular weight excluding hydrogens is 490 g/mol. The number of urea groups is 1. The first-order valence-electron chi connectivity index (χ1n) is 12.3. The van der Waals surface area contributed by atoms with Crippen molar-refractivity contribution in [2.24, 2.45) is 11.8 Å². The van der Waals surface area contributed by atoms with Gasteiger partial charge in [-0.2, -0.15) is 0 Å². The van der Waals surface area contributed by atoms with E-state index in [1.54, 1.807) is 61.3 Å². The number of carboxylic acids is 1. The van der Waals surface area contributed by atoms with E-state index in [4.69, 9.17) is 5.11 Å². The van der Waals surface area contributed by atoms with Crippen molar-refractivity contribution in [3.05, 3.63) is 59.2 Å². The molecule has 2 aromatic rings. The van der Waals surface area contributed by atoms with E-state index in [1.807, 2.05) is 6.92 Å². The average molecular weight is 524 g/mol. The Morgan fingerprint density at radius 2 is 1.71 bits per heavy atom. The lowest BCUT2D eigenvalue weighted by Crippen LogP contribution is -2.49. The summed E-state index contributed by atoms with van der Waals surface area (Å²) in [6.45, 7) is 4.04. The number of rotatable bonds is 8. The molecule has 1 saturated heterocycles. The van der Waals surface area contributed by atoms with E-state index in [0.717, 1.165) is 5.56 Å². The van der Waals surface area contributed by atoms with Gasteiger partial charge in [-0.1, -0.05) is 25.1 Å². The fraction of sp³-hybridized carbons (Fsp3) is 0.370. The molecule has 0 aliphatic carbocycles. The van der Waals surface area contributed by atoms with Crippen molar-refractivity contribution in [2.45, 2.75) is 26.7 Å². The normalized spacial score (nSPS) is 16.8. The Kier molecular flexibility index (Phi) is 9.42. The SMILES string of the molecule is CNC(=O)c1cccc(NC(=O)Nc2ccc(CC(=O)N3CC(C)C[C@H](C(=O)NCC(=O)O)C3)cc2)c1C. The molecule has 3 rings (SSSR count). The monoisotopic (exact) mass is 523 g/mol. The maximum absolute atomic E-state index is 12.9. The van der Waals surface area contributed by atoms with Crippen LogP contribution in [-0.2, 0) is 20.8 Å². The highest BCUT2D eigenvalue weighted by Gasteiger charge is 2.32. The van der Waals surface area contributed by atoms with Crippen LogP contribution < -0.4 is 21.3 Å². The number of nitrogens with one attached hydrogen (secondary N) is 4. The minimum absolute atomic E-state index is 0.110. The van der Waals surface area contributed by atoms with Gasteiger partial charge in [0, 0.05) is 37.1 Å². The Morgan fingerprint density at radius 3 is 2.37 bits per heavy atom. The molecule has 0 radical (unpaired) electrons. The Morgan fingerprint density at radius 1 is 1.00 bits per heavy atom. The molecule has 11 nitrogen and oxygen atoms in total. The van der Waals surface area contributed by atoms with Crippen molar-refractivity contribution in [2.75, 3.05) is 37.3 Å². The first-order valence-corrected chi connectivity index (χ1v) is 12.3. The molecule has 2 aromatic carbocycles. The second-order valence-electron chi connectivity index (χ2n) is 9.46. The van der Waals surface area contributed by atoms with Gasteiger partial charge in [-0.15, -0.1) is 0 Å². The molecule has 11 heteroatoms. The lowest BCUT2D eigenvalue weighted by atomic mass is 9.89. The summed E-state index contributed by atoms with van der Waals surface area (Å²) in [7, 11) is 1.54. The maximum atomic E-state index is 12.9. The van der Waals surface area contributed by atoms with Crippen LogP contribution in [0.4, 0.5) is 16.2 Å². The molecule has 0 aromatic heterocycles. The molecule has 1 aliphatic heterocycles. The molecule has 38 heavy (non-hydrogen) atoms. The number of anilines is 2. The van der Waals surface area contributed by atoms with Crippen LogP contribution in [-0.4, -0.2) is 66.4 Å². The van der Waals surface area contributed by atoms with Gasteiger partial charge in [0.2, 0.25) is 11.8 Å². The minimum atomic E-state index is -1.11. The second kappa shape index (κ2) is 12.7. The van der Waals surface area contributed by atoms with Crippen LogP contribution in [0.5, 0.6) is 0 Å². The van der Waals surface area contributed by atoms with Gasteiger partial charge in [0.25, 0.3) is 5.91 Å². The highest BCUT2D eigenvalue weighted by molar-refractivity contribution is 6.02. The Bertz CT molecular complexity index is 1210.